The molecule has 0 radical (unpaired) electrons. The molecule has 0 fully saturated rings. The van der Waals surface area contributed by atoms with Crippen LogP contribution in [-0.4, -0.2) is 41.3 Å². The SMILES string of the molecule is CCC(CCC1c2[nH]c3ccccc3c2CCN1C(=O)c1ccc(F)c(C(F)(F)F)c1)(c1cccc(F)c1)N(C)C. The average molecular weight is 570 g/mol. The predicted molar refractivity (Wildman–Crippen MR) is 148 cm³/mol. The molecule has 9 heteroatoms. The molecule has 1 aliphatic heterocycles. The van der Waals surface area contributed by atoms with Crippen LogP contribution in [-0.2, 0) is 18.1 Å². The lowest BCUT2D eigenvalue weighted by atomic mass is 9.79. The maximum absolute atomic E-state index is 14.3. The minimum Gasteiger partial charge on any atom is -0.356 e. The quantitative estimate of drug-likeness (QED) is 0.230. The standard InChI is InChI=1S/C32H32F5N3O/c1-4-31(39(2)3,21-8-7-9-22(33)19-21)16-14-28-29-24(23-10-5-6-11-27(23)38-29)15-17-40(28)30(41)20-12-13-26(34)25(18-20)32(35,36)37/h5-13,18-19,28,38H,4,14-17H2,1-3H3. The molecule has 41 heavy (non-hydrogen) atoms. The van der Waals surface area contributed by atoms with E-state index in [2.05, 4.69) is 9.88 Å². The molecule has 0 spiro atoms. The first-order valence-electron chi connectivity index (χ1n) is 13.7. The van der Waals surface area contributed by atoms with Gasteiger partial charge in [-0.05, 0) is 87.3 Å². The first-order valence-corrected chi connectivity index (χ1v) is 13.7. The van der Waals surface area contributed by atoms with E-state index in [0.717, 1.165) is 33.8 Å². The van der Waals surface area contributed by atoms with Crippen molar-refractivity contribution in [1.82, 2.24) is 14.8 Å². The molecule has 2 unspecified atom stereocenters. The van der Waals surface area contributed by atoms with Crippen LogP contribution in [0, 0.1) is 11.6 Å². The summed E-state index contributed by atoms with van der Waals surface area (Å²) in [6, 6.07) is 16.2. The number of fused-ring (bicyclic) bond motifs is 3. The summed E-state index contributed by atoms with van der Waals surface area (Å²) in [5.74, 6) is -2.36. The number of hydrogen-bond acceptors (Lipinski definition) is 2. The lowest BCUT2D eigenvalue weighted by Gasteiger charge is -2.43. The number of carbonyl (C=O) groups excluding carboxylic acids is 1. The number of rotatable bonds is 7. The van der Waals surface area contributed by atoms with Crippen LogP contribution in [0.2, 0.25) is 0 Å². The van der Waals surface area contributed by atoms with Gasteiger partial charge in [0.15, 0.2) is 0 Å². The lowest BCUT2D eigenvalue weighted by Crippen LogP contribution is -2.44. The number of para-hydroxylation sites is 1. The minimum absolute atomic E-state index is 0.220. The topological polar surface area (TPSA) is 39.3 Å². The lowest BCUT2D eigenvalue weighted by molar-refractivity contribution is -0.140. The van der Waals surface area contributed by atoms with Crippen molar-refractivity contribution in [3.05, 3.63) is 106 Å². The van der Waals surface area contributed by atoms with E-state index in [0.29, 0.717) is 37.8 Å². The Morgan fingerprint density at radius 2 is 1.78 bits per heavy atom. The van der Waals surface area contributed by atoms with Gasteiger partial charge in [-0.1, -0.05) is 37.3 Å². The van der Waals surface area contributed by atoms with Gasteiger partial charge in [-0.3, -0.25) is 9.69 Å². The maximum atomic E-state index is 14.3. The van der Waals surface area contributed by atoms with Gasteiger partial charge in [0.1, 0.15) is 11.6 Å². The van der Waals surface area contributed by atoms with Crippen LogP contribution >= 0.6 is 0 Å². The van der Waals surface area contributed by atoms with Gasteiger partial charge >= 0.3 is 6.18 Å². The van der Waals surface area contributed by atoms with Crippen molar-refractivity contribution in [2.24, 2.45) is 0 Å². The Morgan fingerprint density at radius 1 is 1.02 bits per heavy atom. The molecule has 0 aliphatic carbocycles. The highest BCUT2D eigenvalue weighted by Gasteiger charge is 2.40. The van der Waals surface area contributed by atoms with Crippen molar-refractivity contribution in [1.29, 1.82) is 0 Å². The second kappa shape index (κ2) is 10.9. The zero-order chi connectivity index (χ0) is 29.5. The first-order chi connectivity index (χ1) is 19.5. The molecule has 4 aromatic rings. The van der Waals surface area contributed by atoms with E-state index in [1.165, 1.54) is 12.1 Å². The first kappa shape index (κ1) is 28.8. The average Bonchev–Trinajstić information content (AvgIpc) is 3.32. The number of H-pyrrole nitrogens is 1. The van der Waals surface area contributed by atoms with Crippen LogP contribution in [0.1, 0.15) is 65.0 Å². The summed E-state index contributed by atoms with van der Waals surface area (Å²) in [5.41, 5.74) is 1.39. The van der Waals surface area contributed by atoms with Gasteiger partial charge < -0.3 is 9.88 Å². The van der Waals surface area contributed by atoms with Crippen molar-refractivity contribution in [3.63, 3.8) is 0 Å². The fourth-order valence-electron chi connectivity index (χ4n) is 6.38. The summed E-state index contributed by atoms with van der Waals surface area (Å²) in [7, 11) is 3.87. The summed E-state index contributed by atoms with van der Waals surface area (Å²) in [5, 5.41) is 1.04. The van der Waals surface area contributed by atoms with E-state index in [1.54, 1.807) is 11.0 Å². The number of alkyl halides is 3. The van der Waals surface area contributed by atoms with Crippen molar-refractivity contribution < 1.29 is 26.7 Å². The Balaban J connectivity index is 1.57. The van der Waals surface area contributed by atoms with Gasteiger partial charge in [0.25, 0.3) is 5.91 Å². The third kappa shape index (κ3) is 5.23. The van der Waals surface area contributed by atoms with Crippen LogP contribution in [0.15, 0.2) is 66.7 Å². The fourth-order valence-corrected chi connectivity index (χ4v) is 6.38. The molecule has 1 amide bonds. The third-order valence-electron chi connectivity index (χ3n) is 8.57. The molecular formula is C32H32F5N3O. The molecule has 5 rings (SSSR count). The van der Waals surface area contributed by atoms with Gasteiger partial charge in [0.05, 0.1) is 11.6 Å². The van der Waals surface area contributed by atoms with Gasteiger partial charge in [-0.25, -0.2) is 8.78 Å². The molecule has 4 nitrogen and oxygen atoms in total. The van der Waals surface area contributed by atoms with E-state index in [1.807, 2.05) is 51.4 Å². The van der Waals surface area contributed by atoms with Crippen molar-refractivity contribution in [2.45, 2.75) is 50.4 Å². The van der Waals surface area contributed by atoms with Crippen LogP contribution in [0.25, 0.3) is 10.9 Å². The number of carbonyl (C=O) groups is 1. The zero-order valence-electron chi connectivity index (χ0n) is 23.2. The number of benzene rings is 3. The highest BCUT2D eigenvalue weighted by molar-refractivity contribution is 5.95. The Kier molecular flexibility index (Phi) is 7.68. The number of nitrogens with one attached hydrogen (secondary N) is 1. The second-order valence-electron chi connectivity index (χ2n) is 10.8. The number of halogens is 5. The molecule has 0 bridgehead atoms. The third-order valence-corrected chi connectivity index (χ3v) is 8.57. The highest BCUT2D eigenvalue weighted by Crippen LogP contribution is 2.43. The predicted octanol–water partition coefficient (Wildman–Crippen LogP) is 7.85. The number of aromatic nitrogens is 1. The van der Waals surface area contributed by atoms with E-state index in [9.17, 15) is 26.7 Å². The molecule has 1 N–H and O–H groups in total. The molecule has 3 aromatic carbocycles. The number of aromatic amines is 1. The molecule has 0 saturated carbocycles. The van der Waals surface area contributed by atoms with E-state index in [4.69, 9.17) is 0 Å². The fraction of sp³-hybridized carbons (Fsp3) is 0.344. The maximum Gasteiger partial charge on any atom is 0.419 e. The van der Waals surface area contributed by atoms with Crippen LogP contribution in [0.5, 0.6) is 0 Å². The molecule has 216 valence electrons. The molecular weight excluding hydrogens is 537 g/mol. The van der Waals surface area contributed by atoms with E-state index >= 15 is 0 Å². The minimum atomic E-state index is -4.93. The smallest absolute Gasteiger partial charge is 0.356 e. The Bertz CT molecular complexity index is 1580. The summed E-state index contributed by atoms with van der Waals surface area (Å²) in [6.07, 6.45) is -2.74. The van der Waals surface area contributed by atoms with E-state index in [-0.39, 0.29) is 17.9 Å². The molecule has 1 aliphatic rings. The molecule has 2 atom stereocenters. The number of hydrogen-bond donors (Lipinski definition) is 1. The van der Waals surface area contributed by atoms with Crippen molar-refractivity contribution in [3.8, 4) is 0 Å². The Hall–Kier alpha value is -3.72. The summed E-state index contributed by atoms with van der Waals surface area (Å²) < 4.78 is 68.8. The monoisotopic (exact) mass is 569 g/mol. The van der Waals surface area contributed by atoms with Gasteiger partial charge in [-0.15, -0.1) is 0 Å². The van der Waals surface area contributed by atoms with Crippen molar-refractivity contribution >= 4 is 16.8 Å². The van der Waals surface area contributed by atoms with Crippen LogP contribution < -0.4 is 0 Å². The van der Waals surface area contributed by atoms with Crippen LogP contribution in [0.3, 0.4) is 0 Å². The normalized spacial score (nSPS) is 17.1. The summed E-state index contributed by atoms with van der Waals surface area (Å²) in [4.78, 5) is 20.9. The molecule has 2 heterocycles. The second-order valence-corrected chi connectivity index (χ2v) is 10.8. The van der Waals surface area contributed by atoms with Crippen molar-refractivity contribution in [2.75, 3.05) is 20.6 Å². The van der Waals surface area contributed by atoms with Gasteiger partial charge in [0.2, 0.25) is 0 Å². The Labute approximate surface area is 235 Å². The highest BCUT2D eigenvalue weighted by atomic mass is 19.4. The van der Waals surface area contributed by atoms with Crippen LogP contribution in [0.4, 0.5) is 22.0 Å². The largest absolute Gasteiger partial charge is 0.419 e. The zero-order valence-corrected chi connectivity index (χ0v) is 23.2. The molecule has 1 aromatic heterocycles. The molecule has 0 saturated heterocycles. The number of amides is 1. The van der Waals surface area contributed by atoms with E-state index < -0.39 is 35.0 Å². The van der Waals surface area contributed by atoms with Gasteiger partial charge in [0, 0.05) is 34.2 Å². The summed E-state index contributed by atoms with van der Waals surface area (Å²) in [6.45, 7) is 2.32. The van der Waals surface area contributed by atoms with Gasteiger partial charge in [-0.2, -0.15) is 13.2 Å². The Morgan fingerprint density at radius 3 is 2.46 bits per heavy atom. The summed E-state index contributed by atoms with van der Waals surface area (Å²) >= 11 is 0. The number of nitrogens with zero attached hydrogens (tertiary/aromatic N) is 2.